The molecular weight excluding hydrogens is 366 g/mol. The minimum atomic E-state index is -3.57. The van der Waals surface area contributed by atoms with E-state index in [1.807, 2.05) is 0 Å². The molecule has 1 heterocycles. The van der Waals surface area contributed by atoms with Crippen LogP contribution < -0.4 is 10.1 Å². The van der Waals surface area contributed by atoms with Gasteiger partial charge in [0.1, 0.15) is 17.3 Å². The summed E-state index contributed by atoms with van der Waals surface area (Å²) in [5.41, 5.74) is 0. The standard InChI is InChI=1S/C20H25NO5S/c1-14-5-3-4-6-18(14)21-20(22)19-12-9-16(26-19)13-27(23,24)17-10-7-15(25-2)8-11-17/h7-12,14,18H,3-6,13H2,1-2H3,(H,21,22)/t14-,18+/m1/s1. The smallest absolute Gasteiger partial charge is 0.287 e. The molecule has 7 heteroatoms. The van der Waals surface area contributed by atoms with Crippen molar-refractivity contribution in [1.29, 1.82) is 0 Å². The highest BCUT2D eigenvalue weighted by Crippen LogP contribution is 2.25. The number of nitrogens with one attached hydrogen (secondary N) is 1. The molecule has 1 saturated carbocycles. The fourth-order valence-corrected chi connectivity index (χ4v) is 4.65. The largest absolute Gasteiger partial charge is 0.497 e. The number of sulfone groups is 1. The second-order valence-electron chi connectivity index (χ2n) is 7.04. The monoisotopic (exact) mass is 391 g/mol. The molecule has 1 fully saturated rings. The van der Waals surface area contributed by atoms with Crippen molar-refractivity contribution in [2.75, 3.05) is 7.11 Å². The Morgan fingerprint density at radius 3 is 2.52 bits per heavy atom. The number of amides is 1. The van der Waals surface area contributed by atoms with Gasteiger partial charge in [0, 0.05) is 6.04 Å². The molecular formula is C20H25NO5S. The Morgan fingerprint density at radius 1 is 1.15 bits per heavy atom. The van der Waals surface area contributed by atoms with E-state index in [-0.39, 0.29) is 34.1 Å². The summed E-state index contributed by atoms with van der Waals surface area (Å²) in [5.74, 6) is 0.824. The Labute approximate surface area is 159 Å². The van der Waals surface area contributed by atoms with Crippen LogP contribution in [0.2, 0.25) is 0 Å². The molecule has 1 aromatic carbocycles. The Morgan fingerprint density at radius 2 is 1.85 bits per heavy atom. The molecule has 1 amide bonds. The number of hydrogen-bond donors (Lipinski definition) is 1. The molecule has 0 unspecified atom stereocenters. The van der Waals surface area contributed by atoms with Crippen LogP contribution in [0.1, 0.15) is 48.9 Å². The van der Waals surface area contributed by atoms with E-state index in [0.717, 1.165) is 19.3 Å². The van der Waals surface area contributed by atoms with E-state index in [0.29, 0.717) is 11.7 Å². The maximum Gasteiger partial charge on any atom is 0.287 e. The third-order valence-corrected chi connectivity index (χ3v) is 6.72. The lowest BCUT2D eigenvalue weighted by molar-refractivity contribution is 0.0880. The Bertz CT molecular complexity index is 885. The number of carbonyl (C=O) groups excluding carboxylic acids is 1. The molecule has 146 valence electrons. The highest BCUT2D eigenvalue weighted by atomic mass is 32.2. The first-order valence-electron chi connectivity index (χ1n) is 9.15. The SMILES string of the molecule is COc1ccc(S(=O)(=O)Cc2ccc(C(=O)N[C@H]3CCCC[C@H]3C)o2)cc1. The Kier molecular flexibility index (Phi) is 5.89. The molecule has 0 bridgehead atoms. The second kappa shape index (κ2) is 8.17. The minimum Gasteiger partial charge on any atom is -0.497 e. The zero-order valence-corrected chi connectivity index (χ0v) is 16.4. The molecule has 3 rings (SSSR count). The van der Waals surface area contributed by atoms with Crippen LogP contribution in [0.5, 0.6) is 5.75 Å². The van der Waals surface area contributed by atoms with Gasteiger partial charge in [-0.05, 0) is 55.2 Å². The van der Waals surface area contributed by atoms with Gasteiger partial charge in [0.25, 0.3) is 5.91 Å². The number of rotatable bonds is 6. The average molecular weight is 391 g/mol. The van der Waals surface area contributed by atoms with Crippen molar-refractivity contribution in [2.24, 2.45) is 5.92 Å². The van der Waals surface area contributed by atoms with Gasteiger partial charge in [0.15, 0.2) is 15.6 Å². The van der Waals surface area contributed by atoms with Crippen LogP contribution in [0.25, 0.3) is 0 Å². The van der Waals surface area contributed by atoms with Crippen molar-refractivity contribution in [2.45, 2.75) is 49.3 Å². The van der Waals surface area contributed by atoms with Crippen molar-refractivity contribution < 1.29 is 22.4 Å². The second-order valence-corrected chi connectivity index (χ2v) is 9.03. The molecule has 1 aliphatic rings. The van der Waals surface area contributed by atoms with E-state index in [9.17, 15) is 13.2 Å². The first-order valence-corrected chi connectivity index (χ1v) is 10.8. The fourth-order valence-electron chi connectivity index (χ4n) is 3.40. The van der Waals surface area contributed by atoms with E-state index in [2.05, 4.69) is 12.2 Å². The molecule has 0 saturated heterocycles. The molecule has 2 aromatic rings. The first kappa shape index (κ1) is 19.5. The molecule has 27 heavy (non-hydrogen) atoms. The van der Waals surface area contributed by atoms with Crippen molar-refractivity contribution in [3.05, 3.63) is 47.9 Å². The highest BCUT2D eigenvalue weighted by Gasteiger charge is 2.25. The van der Waals surface area contributed by atoms with Gasteiger partial charge < -0.3 is 14.5 Å². The lowest BCUT2D eigenvalue weighted by Gasteiger charge is -2.29. The van der Waals surface area contributed by atoms with Crippen molar-refractivity contribution in [3.63, 3.8) is 0 Å². The van der Waals surface area contributed by atoms with Gasteiger partial charge in [-0.2, -0.15) is 0 Å². The van der Waals surface area contributed by atoms with Crippen LogP contribution in [-0.4, -0.2) is 27.5 Å². The quantitative estimate of drug-likeness (QED) is 0.814. The average Bonchev–Trinajstić information content (AvgIpc) is 3.11. The normalized spacial score (nSPS) is 20.2. The van der Waals surface area contributed by atoms with Crippen molar-refractivity contribution in [3.8, 4) is 5.75 Å². The van der Waals surface area contributed by atoms with Crippen LogP contribution >= 0.6 is 0 Å². The summed E-state index contributed by atoms with van der Waals surface area (Å²) in [6, 6.07) is 9.40. The van der Waals surface area contributed by atoms with Gasteiger partial charge in [0.05, 0.1) is 12.0 Å². The molecule has 2 atom stereocenters. The summed E-state index contributed by atoms with van der Waals surface area (Å²) in [5, 5.41) is 3.01. The van der Waals surface area contributed by atoms with Crippen LogP contribution in [0.3, 0.4) is 0 Å². The van der Waals surface area contributed by atoms with Crippen LogP contribution in [-0.2, 0) is 15.6 Å². The maximum absolute atomic E-state index is 12.5. The fraction of sp³-hybridized carbons (Fsp3) is 0.450. The zero-order valence-electron chi connectivity index (χ0n) is 15.6. The topological polar surface area (TPSA) is 85.6 Å². The van der Waals surface area contributed by atoms with E-state index in [1.165, 1.54) is 31.7 Å². The molecule has 0 spiro atoms. The third kappa shape index (κ3) is 4.71. The predicted molar refractivity (Wildman–Crippen MR) is 101 cm³/mol. The van der Waals surface area contributed by atoms with Gasteiger partial charge in [0.2, 0.25) is 0 Å². The minimum absolute atomic E-state index is 0.142. The summed E-state index contributed by atoms with van der Waals surface area (Å²) in [4.78, 5) is 12.6. The van der Waals surface area contributed by atoms with Crippen LogP contribution in [0.15, 0.2) is 45.7 Å². The Hall–Kier alpha value is -2.28. The van der Waals surface area contributed by atoms with Gasteiger partial charge in [-0.15, -0.1) is 0 Å². The summed E-state index contributed by atoms with van der Waals surface area (Å²) < 4.78 is 35.6. The lowest BCUT2D eigenvalue weighted by Crippen LogP contribution is -2.40. The number of hydrogen-bond acceptors (Lipinski definition) is 5. The van der Waals surface area contributed by atoms with E-state index < -0.39 is 9.84 Å². The summed E-state index contributed by atoms with van der Waals surface area (Å²) >= 11 is 0. The van der Waals surface area contributed by atoms with Gasteiger partial charge in [-0.3, -0.25) is 4.79 Å². The number of benzene rings is 1. The van der Waals surface area contributed by atoms with Crippen molar-refractivity contribution >= 4 is 15.7 Å². The maximum atomic E-state index is 12.5. The first-order chi connectivity index (χ1) is 12.9. The molecule has 0 radical (unpaired) electrons. The predicted octanol–water partition coefficient (Wildman–Crippen LogP) is 3.57. The molecule has 1 aromatic heterocycles. The van der Waals surface area contributed by atoms with Crippen LogP contribution in [0, 0.1) is 5.92 Å². The molecule has 1 aliphatic carbocycles. The van der Waals surface area contributed by atoms with Gasteiger partial charge >= 0.3 is 0 Å². The third-order valence-electron chi connectivity index (χ3n) is 5.06. The molecule has 1 N–H and O–H groups in total. The molecule has 6 nitrogen and oxygen atoms in total. The number of carbonyl (C=O) groups is 1. The molecule has 0 aliphatic heterocycles. The lowest BCUT2D eigenvalue weighted by atomic mass is 9.86. The van der Waals surface area contributed by atoms with E-state index in [4.69, 9.17) is 9.15 Å². The Balaban J connectivity index is 1.66. The number of methoxy groups -OCH3 is 1. The summed E-state index contributed by atoms with van der Waals surface area (Å²) in [6.07, 6.45) is 4.38. The van der Waals surface area contributed by atoms with Gasteiger partial charge in [-0.25, -0.2) is 8.42 Å². The van der Waals surface area contributed by atoms with Crippen molar-refractivity contribution in [1.82, 2.24) is 5.32 Å². The summed E-state index contributed by atoms with van der Waals surface area (Å²) in [6.45, 7) is 2.14. The van der Waals surface area contributed by atoms with Crippen LogP contribution in [0.4, 0.5) is 0 Å². The number of ether oxygens (including phenoxy) is 1. The zero-order chi connectivity index (χ0) is 19.4. The van der Waals surface area contributed by atoms with E-state index in [1.54, 1.807) is 18.2 Å². The number of furan rings is 1. The summed E-state index contributed by atoms with van der Waals surface area (Å²) in [7, 11) is -2.05. The van der Waals surface area contributed by atoms with E-state index >= 15 is 0 Å². The van der Waals surface area contributed by atoms with Gasteiger partial charge in [-0.1, -0.05) is 19.8 Å². The highest BCUT2D eigenvalue weighted by molar-refractivity contribution is 7.90.